The summed E-state index contributed by atoms with van der Waals surface area (Å²) >= 11 is 5.96. The van der Waals surface area contributed by atoms with Gasteiger partial charge in [0.2, 0.25) is 0 Å². The summed E-state index contributed by atoms with van der Waals surface area (Å²) < 4.78 is 13.4. The van der Waals surface area contributed by atoms with E-state index in [0.717, 1.165) is 52.6 Å². The molecule has 0 bridgehead atoms. The molecular weight excluding hydrogens is 532 g/mol. The highest BCUT2D eigenvalue weighted by molar-refractivity contribution is 7.80. The first kappa shape index (κ1) is 27.0. The molecule has 6 rings (SSSR count). The van der Waals surface area contributed by atoms with E-state index >= 15 is 0 Å². The molecule has 0 spiro atoms. The van der Waals surface area contributed by atoms with Crippen LogP contribution in [0.2, 0.25) is 0 Å². The Morgan fingerprint density at radius 2 is 1.73 bits per heavy atom. The van der Waals surface area contributed by atoms with Crippen LogP contribution in [0.4, 0.5) is 5.69 Å². The van der Waals surface area contributed by atoms with Gasteiger partial charge in [-0.2, -0.15) is 0 Å². The minimum absolute atomic E-state index is 0.177. The number of aryl methyl sites for hydroxylation is 1. The molecule has 1 aliphatic carbocycles. The Kier molecular flexibility index (Phi) is 7.49. The fraction of sp³-hybridized carbons (Fsp3) is 0.303. The maximum Gasteiger partial charge on any atom is 0.339 e. The number of benzene rings is 2. The number of anilines is 1. The van der Waals surface area contributed by atoms with Crippen molar-refractivity contribution in [2.75, 3.05) is 12.0 Å². The van der Waals surface area contributed by atoms with E-state index in [1.807, 2.05) is 54.7 Å². The van der Waals surface area contributed by atoms with Gasteiger partial charge >= 0.3 is 5.97 Å². The van der Waals surface area contributed by atoms with Crippen LogP contribution in [-0.2, 0) is 4.74 Å². The number of methoxy groups -OCH3 is 1. The fourth-order valence-corrected chi connectivity index (χ4v) is 6.59. The zero-order valence-corrected chi connectivity index (χ0v) is 24.4. The van der Waals surface area contributed by atoms with Crippen molar-refractivity contribution in [1.29, 1.82) is 0 Å². The largest absolute Gasteiger partial charge is 0.490 e. The summed E-state index contributed by atoms with van der Waals surface area (Å²) in [6, 6.07) is 23.5. The normalized spacial score (nSPS) is 18.9. The standard InChI is InChI=1S/C33H34N4O3S/c1-21-20-27(22(2)36(21)29-14-7-6-12-26(29)32(38)39-3)31-30(28-13-8-9-19-34-28)35-33(41)37(31)23-15-17-25(18-16-23)40-24-10-4-5-11-24/h6-9,12-20,24,30-31H,4-5,10-11H2,1-3H3,(H,35,41)/t30-,31+/m1/s1. The lowest BCUT2D eigenvalue weighted by Crippen LogP contribution is -2.29. The van der Waals surface area contributed by atoms with E-state index in [9.17, 15) is 4.79 Å². The summed E-state index contributed by atoms with van der Waals surface area (Å²) in [6.45, 7) is 4.14. The second-order valence-corrected chi connectivity index (χ2v) is 11.1. The predicted octanol–water partition coefficient (Wildman–Crippen LogP) is 6.77. The van der Waals surface area contributed by atoms with E-state index in [1.165, 1.54) is 20.0 Å². The average molecular weight is 567 g/mol. The van der Waals surface area contributed by atoms with Crippen LogP contribution in [0.25, 0.3) is 5.69 Å². The third-order valence-electron chi connectivity index (χ3n) is 8.16. The van der Waals surface area contributed by atoms with E-state index in [2.05, 4.69) is 46.8 Å². The van der Waals surface area contributed by atoms with Crippen molar-refractivity contribution in [3.63, 3.8) is 0 Å². The number of nitrogens with one attached hydrogen (secondary N) is 1. The van der Waals surface area contributed by atoms with Crippen LogP contribution in [0.15, 0.2) is 79.0 Å². The fourth-order valence-electron chi connectivity index (χ4n) is 6.24. The Morgan fingerprint density at radius 1 is 1.00 bits per heavy atom. The summed E-state index contributed by atoms with van der Waals surface area (Å²) in [6.07, 6.45) is 6.81. The molecule has 2 atom stereocenters. The number of carbonyl (C=O) groups excluding carboxylic acids is 1. The number of thiocarbonyl (C=S) groups is 1. The van der Waals surface area contributed by atoms with E-state index < -0.39 is 0 Å². The van der Waals surface area contributed by atoms with Crippen LogP contribution in [0.1, 0.15) is 70.8 Å². The smallest absolute Gasteiger partial charge is 0.339 e. The van der Waals surface area contributed by atoms with Crippen molar-refractivity contribution < 1.29 is 14.3 Å². The molecule has 8 heteroatoms. The van der Waals surface area contributed by atoms with Crippen LogP contribution in [0.3, 0.4) is 0 Å². The van der Waals surface area contributed by atoms with Crippen LogP contribution < -0.4 is 15.0 Å². The highest BCUT2D eigenvalue weighted by Crippen LogP contribution is 2.44. The van der Waals surface area contributed by atoms with Gasteiger partial charge in [0.25, 0.3) is 0 Å². The maximum atomic E-state index is 12.7. The number of hydrogen-bond donors (Lipinski definition) is 1. The highest BCUT2D eigenvalue weighted by atomic mass is 32.1. The van der Waals surface area contributed by atoms with E-state index in [-0.39, 0.29) is 18.1 Å². The van der Waals surface area contributed by atoms with Crippen molar-refractivity contribution in [2.45, 2.75) is 57.7 Å². The molecule has 1 aliphatic heterocycles. The summed E-state index contributed by atoms with van der Waals surface area (Å²) in [5.74, 6) is 0.514. The third-order valence-corrected chi connectivity index (χ3v) is 8.47. The van der Waals surface area contributed by atoms with Crippen LogP contribution in [-0.4, -0.2) is 33.8 Å². The molecule has 4 aromatic rings. The topological polar surface area (TPSA) is 68.6 Å². The molecule has 41 heavy (non-hydrogen) atoms. The average Bonchev–Trinajstić information content (AvgIpc) is 3.71. The number of rotatable bonds is 7. The molecule has 3 heterocycles. The van der Waals surface area contributed by atoms with Gasteiger partial charge in [-0.05, 0) is 112 Å². The third kappa shape index (κ3) is 5.08. The van der Waals surface area contributed by atoms with Gasteiger partial charge in [0.15, 0.2) is 5.11 Å². The molecule has 7 nitrogen and oxygen atoms in total. The number of pyridine rings is 1. The van der Waals surface area contributed by atoms with Gasteiger partial charge < -0.3 is 24.3 Å². The van der Waals surface area contributed by atoms with Gasteiger partial charge in [-0.15, -0.1) is 0 Å². The van der Waals surface area contributed by atoms with Crippen molar-refractivity contribution in [2.24, 2.45) is 0 Å². The number of aromatic nitrogens is 2. The Balaban J connectivity index is 1.43. The highest BCUT2D eigenvalue weighted by Gasteiger charge is 2.42. The van der Waals surface area contributed by atoms with Crippen molar-refractivity contribution in [3.05, 3.63) is 107 Å². The summed E-state index contributed by atoms with van der Waals surface area (Å²) in [5.41, 5.74) is 6.29. The lowest BCUT2D eigenvalue weighted by atomic mass is 9.96. The molecule has 210 valence electrons. The summed E-state index contributed by atoms with van der Waals surface area (Å²) in [5, 5.41) is 4.19. The van der Waals surface area contributed by atoms with Crippen LogP contribution in [0, 0.1) is 13.8 Å². The molecule has 2 aromatic heterocycles. The molecule has 2 fully saturated rings. The first-order chi connectivity index (χ1) is 20.0. The molecule has 0 unspecified atom stereocenters. The number of para-hydroxylation sites is 1. The van der Waals surface area contributed by atoms with Gasteiger partial charge in [-0.25, -0.2) is 4.79 Å². The number of esters is 1. The Hall–Kier alpha value is -4.17. The van der Waals surface area contributed by atoms with Gasteiger partial charge in [0.1, 0.15) is 5.75 Å². The van der Waals surface area contributed by atoms with E-state index in [1.54, 1.807) is 6.07 Å². The Morgan fingerprint density at radius 3 is 2.44 bits per heavy atom. The Bertz CT molecular complexity index is 1560. The first-order valence-corrected chi connectivity index (χ1v) is 14.5. The molecule has 0 amide bonds. The van der Waals surface area contributed by atoms with Crippen molar-refractivity contribution in [3.8, 4) is 11.4 Å². The van der Waals surface area contributed by atoms with Crippen molar-refractivity contribution in [1.82, 2.24) is 14.9 Å². The SMILES string of the molecule is COC(=O)c1ccccc1-n1c(C)cc([C@H]2[C@@H](c3ccccn3)NC(=S)N2c2ccc(OC3CCCC3)cc2)c1C. The van der Waals surface area contributed by atoms with Gasteiger partial charge in [0, 0.05) is 23.3 Å². The number of carbonyl (C=O) groups is 1. The minimum atomic E-state index is -0.369. The second-order valence-electron chi connectivity index (χ2n) is 10.7. The van der Waals surface area contributed by atoms with Gasteiger partial charge in [0.05, 0.1) is 42.2 Å². The molecule has 0 radical (unpaired) electrons. The van der Waals surface area contributed by atoms with Crippen molar-refractivity contribution >= 4 is 29.0 Å². The second kappa shape index (κ2) is 11.4. The lowest BCUT2D eigenvalue weighted by molar-refractivity contribution is 0.0600. The van der Waals surface area contributed by atoms with Crippen LogP contribution >= 0.6 is 12.2 Å². The predicted molar refractivity (Wildman–Crippen MR) is 164 cm³/mol. The van der Waals surface area contributed by atoms with Crippen LogP contribution in [0.5, 0.6) is 5.75 Å². The van der Waals surface area contributed by atoms with E-state index in [0.29, 0.717) is 16.8 Å². The first-order valence-electron chi connectivity index (χ1n) is 14.1. The van der Waals surface area contributed by atoms with E-state index in [4.69, 9.17) is 26.7 Å². The minimum Gasteiger partial charge on any atom is -0.490 e. The summed E-state index contributed by atoms with van der Waals surface area (Å²) in [7, 11) is 1.41. The number of ether oxygens (including phenoxy) is 2. The van der Waals surface area contributed by atoms with Gasteiger partial charge in [-0.1, -0.05) is 18.2 Å². The molecule has 1 saturated carbocycles. The number of nitrogens with zero attached hydrogens (tertiary/aromatic N) is 3. The maximum absolute atomic E-state index is 12.7. The number of hydrogen-bond acceptors (Lipinski definition) is 5. The quantitative estimate of drug-likeness (QED) is 0.195. The summed E-state index contributed by atoms with van der Waals surface area (Å²) in [4.78, 5) is 19.5. The zero-order chi connectivity index (χ0) is 28.5. The van der Waals surface area contributed by atoms with Gasteiger partial charge in [-0.3, -0.25) is 4.98 Å². The molecule has 2 aromatic carbocycles. The Labute approximate surface area is 246 Å². The monoisotopic (exact) mass is 566 g/mol. The lowest BCUT2D eigenvalue weighted by Gasteiger charge is -2.28. The molecular formula is C33H34N4O3S. The molecule has 1 N–H and O–H groups in total. The zero-order valence-electron chi connectivity index (χ0n) is 23.5. The molecule has 1 saturated heterocycles. The molecule has 2 aliphatic rings.